The molecule has 0 atom stereocenters. The normalized spacial score (nSPS) is 14.3. The van der Waals surface area contributed by atoms with Crippen molar-refractivity contribution >= 4 is 23.6 Å². The van der Waals surface area contributed by atoms with E-state index in [0.717, 1.165) is 24.0 Å². The maximum Gasteiger partial charge on any atom is 0.409 e. The van der Waals surface area contributed by atoms with Crippen LogP contribution in [0.4, 0.5) is 16.4 Å². The fourth-order valence-electron chi connectivity index (χ4n) is 3.30. The fraction of sp³-hybridized carbons (Fsp3) is 0.429. The fourth-order valence-corrected chi connectivity index (χ4v) is 3.30. The number of anilines is 2. The van der Waals surface area contributed by atoms with Gasteiger partial charge in [-0.25, -0.2) is 4.79 Å². The van der Waals surface area contributed by atoms with Gasteiger partial charge in [-0.05, 0) is 44.4 Å². The molecule has 1 aromatic heterocycles. The molecule has 0 spiro atoms. The number of likely N-dealkylation sites (tertiary alicyclic amines) is 1. The molecule has 154 valence electrons. The number of aryl methyl sites for hydroxylation is 1. The second kappa shape index (κ2) is 9.86. The van der Waals surface area contributed by atoms with Crippen LogP contribution in [0, 0.1) is 6.92 Å². The lowest BCUT2D eigenvalue weighted by molar-refractivity contribution is -0.115. The largest absolute Gasteiger partial charge is 0.450 e. The van der Waals surface area contributed by atoms with Crippen molar-refractivity contribution in [3.05, 3.63) is 47.5 Å². The van der Waals surface area contributed by atoms with Crippen LogP contribution in [0.25, 0.3) is 0 Å². The van der Waals surface area contributed by atoms with Crippen molar-refractivity contribution in [1.82, 2.24) is 15.1 Å². The van der Waals surface area contributed by atoms with Crippen molar-refractivity contribution in [1.29, 1.82) is 0 Å². The number of benzene rings is 1. The van der Waals surface area contributed by atoms with E-state index in [2.05, 4.69) is 20.8 Å². The molecule has 2 N–H and O–H groups in total. The standard InChI is InChI=1S/C21H27N5O3/c1-3-29-21(28)26-11-9-17(10-12-26)22-18-7-8-19(25-24-18)23-20(27)14-16-6-4-5-15(2)13-16/h4-8,13,17H,3,9-12,14H2,1-2H3,(H,22,24)(H,23,25,27). The highest BCUT2D eigenvalue weighted by atomic mass is 16.6. The van der Waals surface area contributed by atoms with Gasteiger partial charge in [0.1, 0.15) is 5.82 Å². The molecule has 8 heteroatoms. The van der Waals surface area contributed by atoms with E-state index in [9.17, 15) is 9.59 Å². The van der Waals surface area contributed by atoms with Crippen molar-refractivity contribution in [2.75, 3.05) is 30.3 Å². The highest BCUT2D eigenvalue weighted by molar-refractivity contribution is 5.91. The van der Waals surface area contributed by atoms with Gasteiger partial charge in [0.2, 0.25) is 5.91 Å². The first-order chi connectivity index (χ1) is 14.0. The third kappa shape index (κ3) is 6.17. The number of carbonyl (C=O) groups excluding carboxylic acids is 2. The molecule has 29 heavy (non-hydrogen) atoms. The minimum Gasteiger partial charge on any atom is -0.450 e. The zero-order chi connectivity index (χ0) is 20.6. The number of nitrogens with one attached hydrogen (secondary N) is 2. The van der Waals surface area contributed by atoms with Crippen molar-refractivity contribution in [2.24, 2.45) is 0 Å². The topological polar surface area (TPSA) is 96.5 Å². The van der Waals surface area contributed by atoms with E-state index in [1.807, 2.05) is 31.2 Å². The van der Waals surface area contributed by atoms with E-state index >= 15 is 0 Å². The number of carbonyl (C=O) groups is 2. The number of amides is 2. The number of nitrogens with zero attached hydrogens (tertiary/aromatic N) is 3. The lowest BCUT2D eigenvalue weighted by Gasteiger charge is -2.31. The van der Waals surface area contributed by atoms with Crippen molar-refractivity contribution in [3.63, 3.8) is 0 Å². The number of rotatable bonds is 6. The van der Waals surface area contributed by atoms with Crippen molar-refractivity contribution in [3.8, 4) is 0 Å². The molecule has 0 aliphatic carbocycles. The summed E-state index contributed by atoms with van der Waals surface area (Å²) in [5.74, 6) is 0.943. The maximum absolute atomic E-state index is 12.2. The molecule has 0 unspecified atom stereocenters. The Bertz CT molecular complexity index is 832. The van der Waals surface area contributed by atoms with Crippen molar-refractivity contribution < 1.29 is 14.3 Å². The quantitative estimate of drug-likeness (QED) is 0.778. The van der Waals surface area contributed by atoms with Crippen molar-refractivity contribution in [2.45, 2.75) is 39.2 Å². The first kappa shape index (κ1) is 20.6. The molecule has 3 rings (SSSR count). The van der Waals surface area contributed by atoms with E-state index in [1.54, 1.807) is 24.0 Å². The number of piperidine rings is 1. The Morgan fingerprint density at radius 1 is 1.14 bits per heavy atom. The lowest BCUT2D eigenvalue weighted by atomic mass is 10.1. The summed E-state index contributed by atoms with van der Waals surface area (Å²) in [5, 5.41) is 14.3. The molecule has 1 saturated heterocycles. The van der Waals surface area contributed by atoms with Gasteiger partial charge >= 0.3 is 6.09 Å². The number of ether oxygens (including phenoxy) is 1. The first-order valence-electron chi connectivity index (χ1n) is 9.91. The summed E-state index contributed by atoms with van der Waals surface area (Å²) in [6.45, 7) is 5.49. The third-order valence-electron chi connectivity index (χ3n) is 4.75. The molecule has 2 heterocycles. The van der Waals surface area contributed by atoms with Gasteiger partial charge in [-0.2, -0.15) is 0 Å². The zero-order valence-corrected chi connectivity index (χ0v) is 16.9. The van der Waals surface area contributed by atoms with E-state index < -0.39 is 0 Å². The Morgan fingerprint density at radius 2 is 1.86 bits per heavy atom. The molecule has 0 saturated carbocycles. The van der Waals surface area contributed by atoms with Crippen LogP contribution in [0.1, 0.15) is 30.9 Å². The van der Waals surface area contributed by atoms with E-state index in [4.69, 9.17) is 4.74 Å². The summed E-state index contributed by atoms with van der Waals surface area (Å²) in [6, 6.07) is 11.6. The average Bonchev–Trinajstić information content (AvgIpc) is 2.70. The number of aromatic nitrogens is 2. The number of hydrogen-bond acceptors (Lipinski definition) is 6. The van der Waals surface area contributed by atoms with E-state index in [-0.39, 0.29) is 18.0 Å². The Balaban J connectivity index is 1.45. The molecule has 0 radical (unpaired) electrons. The Kier molecular flexibility index (Phi) is 6.99. The highest BCUT2D eigenvalue weighted by Crippen LogP contribution is 2.16. The van der Waals surface area contributed by atoms with E-state index in [0.29, 0.717) is 37.8 Å². The van der Waals surface area contributed by atoms with Gasteiger partial charge in [0, 0.05) is 19.1 Å². The highest BCUT2D eigenvalue weighted by Gasteiger charge is 2.23. The molecule has 2 amide bonds. The molecule has 8 nitrogen and oxygen atoms in total. The first-order valence-corrected chi connectivity index (χ1v) is 9.91. The van der Waals surface area contributed by atoms with Gasteiger partial charge in [0.25, 0.3) is 0 Å². The van der Waals surface area contributed by atoms with Crippen LogP contribution in [0.15, 0.2) is 36.4 Å². The van der Waals surface area contributed by atoms with Gasteiger partial charge in [0.15, 0.2) is 5.82 Å². The summed E-state index contributed by atoms with van der Waals surface area (Å²) in [7, 11) is 0. The van der Waals surface area contributed by atoms with Crippen LogP contribution in [-0.2, 0) is 16.0 Å². The molecular weight excluding hydrogens is 370 g/mol. The predicted octanol–water partition coefficient (Wildman–Crippen LogP) is 3.00. The Morgan fingerprint density at radius 3 is 2.52 bits per heavy atom. The van der Waals surface area contributed by atoms with Crippen LogP contribution >= 0.6 is 0 Å². The minimum absolute atomic E-state index is 0.128. The summed E-state index contributed by atoms with van der Waals surface area (Å²) in [6.07, 6.45) is 1.67. The molecule has 1 aromatic carbocycles. The summed E-state index contributed by atoms with van der Waals surface area (Å²) >= 11 is 0. The predicted molar refractivity (Wildman–Crippen MR) is 111 cm³/mol. The summed E-state index contributed by atoms with van der Waals surface area (Å²) < 4.78 is 5.03. The molecule has 1 aliphatic heterocycles. The molecular formula is C21H27N5O3. The molecule has 0 bridgehead atoms. The molecule has 2 aromatic rings. The Hall–Kier alpha value is -3.16. The third-order valence-corrected chi connectivity index (χ3v) is 4.75. The second-order valence-electron chi connectivity index (χ2n) is 7.12. The van der Waals surface area contributed by atoms with Gasteiger partial charge in [-0.1, -0.05) is 29.8 Å². The number of hydrogen-bond donors (Lipinski definition) is 2. The van der Waals surface area contributed by atoms with Gasteiger partial charge in [-0.3, -0.25) is 4.79 Å². The van der Waals surface area contributed by atoms with Crippen LogP contribution in [0.3, 0.4) is 0 Å². The van der Waals surface area contributed by atoms with E-state index in [1.165, 1.54) is 0 Å². The molecule has 1 aliphatic rings. The van der Waals surface area contributed by atoms with Gasteiger partial charge in [-0.15, -0.1) is 10.2 Å². The van der Waals surface area contributed by atoms with Gasteiger partial charge < -0.3 is 20.3 Å². The second-order valence-corrected chi connectivity index (χ2v) is 7.12. The summed E-state index contributed by atoms with van der Waals surface area (Å²) in [5.41, 5.74) is 2.08. The zero-order valence-electron chi connectivity index (χ0n) is 16.9. The molecule has 1 fully saturated rings. The minimum atomic E-state index is -0.253. The van der Waals surface area contributed by atoms with Crippen LogP contribution < -0.4 is 10.6 Å². The smallest absolute Gasteiger partial charge is 0.409 e. The monoisotopic (exact) mass is 397 g/mol. The van der Waals surface area contributed by atoms with Gasteiger partial charge in [0.05, 0.1) is 13.0 Å². The lowest BCUT2D eigenvalue weighted by Crippen LogP contribution is -2.42. The van der Waals surface area contributed by atoms with Crippen LogP contribution in [-0.4, -0.2) is 52.8 Å². The Labute approximate surface area is 170 Å². The summed E-state index contributed by atoms with van der Waals surface area (Å²) in [4.78, 5) is 25.7. The van der Waals surface area contributed by atoms with Crippen LogP contribution in [0.5, 0.6) is 0 Å². The average molecular weight is 397 g/mol. The SMILES string of the molecule is CCOC(=O)N1CCC(Nc2ccc(NC(=O)Cc3cccc(C)c3)nn2)CC1. The van der Waals surface area contributed by atoms with Crippen LogP contribution in [0.2, 0.25) is 0 Å². The maximum atomic E-state index is 12.2.